The standard InChI is InChI=1S/C29H33N5O4/c1-20(2)21-11-13-22(14-12-21)28(29(36)30-17-23-7-5-15-37-23)33(18-24-8-6-16-38-24)27(35)19-34-26-10-4-3-9-25(26)31-32-34/h3-4,6,8-14,16,20,23,28H,5,7,15,17-19H2,1-2H3,(H,30,36)/t23-,28+/m0/s1. The number of hydrogen-bond donors (Lipinski definition) is 1. The molecule has 4 aromatic rings. The van der Waals surface area contributed by atoms with Crippen LogP contribution in [0, 0.1) is 0 Å². The van der Waals surface area contributed by atoms with Crippen molar-refractivity contribution in [3.05, 3.63) is 83.8 Å². The number of amides is 2. The van der Waals surface area contributed by atoms with Crippen molar-refractivity contribution in [3.63, 3.8) is 0 Å². The zero-order valence-electron chi connectivity index (χ0n) is 21.7. The quantitative estimate of drug-likeness (QED) is 0.339. The molecule has 1 aliphatic heterocycles. The van der Waals surface area contributed by atoms with Gasteiger partial charge in [0.05, 0.1) is 24.4 Å². The SMILES string of the molecule is CC(C)c1ccc([C@H](C(=O)NC[C@@H]2CCCO2)N(Cc2ccco2)C(=O)Cn2nnc3ccccc32)cc1. The van der Waals surface area contributed by atoms with Gasteiger partial charge in [-0.1, -0.05) is 55.5 Å². The molecule has 1 fully saturated rings. The highest BCUT2D eigenvalue weighted by Gasteiger charge is 2.33. The Bertz CT molecular complexity index is 1360. The van der Waals surface area contributed by atoms with Crippen LogP contribution in [-0.4, -0.2) is 51.0 Å². The van der Waals surface area contributed by atoms with E-state index in [4.69, 9.17) is 9.15 Å². The van der Waals surface area contributed by atoms with Crippen LogP contribution in [0.15, 0.2) is 71.3 Å². The summed E-state index contributed by atoms with van der Waals surface area (Å²) < 4.78 is 12.9. The first-order valence-electron chi connectivity index (χ1n) is 13.1. The number of ether oxygens (including phenoxy) is 1. The topological polar surface area (TPSA) is 102 Å². The monoisotopic (exact) mass is 515 g/mol. The zero-order chi connectivity index (χ0) is 26.5. The van der Waals surface area contributed by atoms with Gasteiger partial charge >= 0.3 is 0 Å². The predicted octanol–water partition coefficient (Wildman–Crippen LogP) is 4.21. The number of hydrogen-bond acceptors (Lipinski definition) is 6. The molecule has 9 nitrogen and oxygen atoms in total. The van der Waals surface area contributed by atoms with Crippen LogP contribution < -0.4 is 5.32 Å². The van der Waals surface area contributed by atoms with Gasteiger partial charge in [-0.05, 0) is 54.2 Å². The number of aromatic nitrogens is 3. The molecule has 9 heteroatoms. The molecule has 2 atom stereocenters. The van der Waals surface area contributed by atoms with Crippen molar-refractivity contribution in [2.24, 2.45) is 0 Å². The van der Waals surface area contributed by atoms with Gasteiger partial charge in [0.15, 0.2) is 0 Å². The molecule has 0 saturated carbocycles. The van der Waals surface area contributed by atoms with Gasteiger partial charge in [0.1, 0.15) is 23.9 Å². The van der Waals surface area contributed by atoms with E-state index < -0.39 is 6.04 Å². The molecule has 0 bridgehead atoms. The summed E-state index contributed by atoms with van der Waals surface area (Å²) in [6.07, 6.45) is 3.43. The Balaban J connectivity index is 1.48. The van der Waals surface area contributed by atoms with Crippen LogP contribution in [0.5, 0.6) is 0 Å². The maximum atomic E-state index is 13.9. The molecule has 1 saturated heterocycles. The van der Waals surface area contributed by atoms with Gasteiger partial charge in [-0.25, -0.2) is 4.68 Å². The summed E-state index contributed by atoms with van der Waals surface area (Å²) in [5.41, 5.74) is 3.33. The zero-order valence-corrected chi connectivity index (χ0v) is 21.7. The van der Waals surface area contributed by atoms with E-state index in [1.54, 1.807) is 28.0 Å². The normalized spacial score (nSPS) is 16.1. The molecule has 2 aromatic heterocycles. The second kappa shape index (κ2) is 11.6. The molecule has 2 amide bonds. The summed E-state index contributed by atoms with van der Waals surface area (Å²) in [4.78, 5) is 29.3. The number of fused-ring (bicyclic) bond motifs is 1. The van der Waals surface area contributed by atoms with Crippen LogP contribution in [0.2, 0.25) is 0 Å². The van der Waals surface area contributed by atoms with Gasteiger partial charge in [0, 0.05) is 13.2 Å². The van der Waals surface area contributed by atoms with Crippen molar-refractivity contribution in [1.29, 1.82) is 0 Å². The van der Waals surface area contributed by atoms with E-state index in [2.05, 4.69) is 29.5 Å². The minimum Gasteiger partial charge on any atom is -0.467 e. The first-order valence-corrected chi connectivity index (χ1v) is 13.1. The molecule has 5 rings (SSSR count). The van der Waals surface area contributed by atoms with Gasteiger partial charge in [0.25, 0.3) is 0 Å². The highest BCUT2D eigenvalue weighted by molar-refractivity contribution is 5.89. The first kappa shape index (κ1) is 25.7. The Morgan fingerprint density at radius 1 is 1.08 bits per heavy atom. The van der Waals surface area contributed by atoms with Gasteiger partial charge in [-0.2, -0.15) is 0 Å². The highest BCUT2D eigenvalue weighted by atomic mass is 16.5. The number of nitrogens with zero attached hydrogens (tertiary/aromatic N) is 4. The summed E-state index contributed by atoms with van der Waals surface area (Å²) >= 11 is 0. The summed E-state index contributed by atoms with van der Waals surface area (Å²) in [5, 5.41) is 11.4. The molecule has 2 aromatic carbocycles. The number of benzene rings is 2. The van der Waals surface area contributed by atoms with Crippen LogP contribution >= 0.6 is 0 Å². The van der Waals surface area contributed by atoms with Crippen molar-refractivity contribution in [1.82, 2.24) is 25.2 Å². The lowest BCUT2D eigenvalue weighted by molar-refractivity contribution is -0.142. The molecule has 1 N–H and O–H groups in total. The average Bonchev–Trinajstić information content (AvgIpc) is 3.71. The van der Waals surface area contributed by atoms with Crippen LogP contribution in [0.1, 0.15) is 55.5 Å². The Hall–Kier alpha value is -3.98. The molecule has 38 heavy (non-hydrogen) atoms. The van der Waals surface area contributed by atoms with Crippen LogP contribution in [0.3, 0.4) is 0 Å². The van der Waals surface area contributed by atoms with Crippen molar-refractivity contribution >= 4 is 22.8 Å². The van der Waals surface area contributed by atoms with Crippen molar-refractivity contribution in [3.8, 4) is 0 Å². The maximum absolute atomic E-state index is 13.9. The number of furan rings is 1. The molecular formula is C29H33N5O4. The van der Waals surface area contributed by atoms with Crippen molar-refractivity contribution < 1.29 is 18.7 Å². The van der Waals surface area contributed by atoms with Gasteiger partial charge in [-0.3, -0.25) is 9.59 Å². The third kappa shape index (κ3) is 5.78. The van der Waals surface area contributed by atoms with E-state index in [0.29, 0.717) is 30.3 Å². The van der Waals surface area contributed by atoms with Gasteiger partial charge in [-0.15, -0.1) is 5.10 Å². The smallest absolute Gasteiger partial charge is 0.247 e. The summed E-state index contributed by atoms with van der Waals surface area (Å²) in [6, 6.07) is 18.1. The number of para-hydroxylation sites is 1. The van der Waals surface area contributed by atoms with Gasteiger partial charge < -0.3 is 19.4 Å². The Morgan fingerprint density at radius 2 is 1.87 bits per heavy atom. The Labute approximate surface area is 221 Å². The molecular weight excluding hydrogens is 482 g/mol. The van der Waals surface area contributed by atoms with Crippen molar-refractivity contribution in [2.45, 2.75) is 57.8 Å². The molecule has 0 aliphatic carbocycles. The van der Waals surface area contributed by atoms with E-state index in [1.807, 2.05) is 48.5 Å². The molecule has 0 unspecified atom stereocenters. The minimum absolute atomic E-state index is 0.0151. The lowest BCUT2D eigenvalue weighted by Crippen LogP contribution is -2.46. The molecule has 1 aliphatic rings. The van der Waals surface area contributed by atoms with E-state index in [0.717, 1.165) is 29.5 Å². The van der Waals surface area contributed by atoms with E-state index in [9.17, 15) is 9.59 Å². The Kier molecular flexibility index (Phi) is 7.83. The third-order valence-electron chi connectivity index (χ3n) is 6.94. The Morgan fingerprint density at radius 3 is 2.58 bits per heavy atom. The van der Waals surface area contributed by atoms with Crippen LogP contribution in [0.25, 0.3) is 11.0 Å². The van der Waals surface area contributed by atoms with Crippen molar-refractivity contribution in [2.75, 3.05) is 13.2 Å². The van der Waals surface area contributed by atoms with Gasteiger partial charge in [0.2, 0.25) is 11.8 Å². The molecule has 198 valence electrons. The summed E-state index contributed by atoms with van der Waals surface area (Å²) in [5.74, 6) is 0.387. The number of carbonyl (C=O) groups is 2. The van der Waals surface area contributed by atoms with E-state index in [1.165, 1.54) is 0 Å². The summed E-state index contributed by atoms with van der Waals surface area (Å²) in [6.45, 7) is 5.40. The summed E-state index contributed by atoms with van der Waals surface area (Å²) in [7, 11) is 0. The molecule has 3 heterocycles. The predicted molar refractivity (Wildman–Crippen MR) is 142 cm³/mol. The number of carbonyl (C=O) groups excluding carboxylic acids is 2. The molecule has 0 radical (unpaired) electrons. The lowest BCUT2D eigenvalue weighted by atomic mass is 9.97. The second-order valence-electron chi connectivity index (χ2n) is 9.94. The van der Waals surface area contributed by atoms with Crippen LogP contribution in [0.4, 0.5) is 0 Å². The molecule has 0 spiro atoms. The fourth-order valence-electron chi connectivity index (χ4n) is 4.80. The average molecular weight is 516 g/mol. The third-order valence-corrected chi connectivity index (χ3v) is 6.94. The largest absolute Gasteiger partial charge is 0.467 e. The fraction of sp³-hybridized carbons (Fsp3) is 0.379. The van der Waals surface area contributed by atoms with E-state index >= 15 is 0 Å². The maximum Gasteiger partial charge on any atom is 0.247 e. The number of rotatable bonds is 10. The highest BCUT2D eigenvalue weighted by Crippen LogP contribution is 2.27. The minimum atomic E-state index is -0.870. The number of nitrogens with one attached hydrogen (secondary N) is 1. The first-order chi connectivity index (χ1) is 18.5. The fourth-order valence-corrected chi connectivity index (χ4v) is 4.80. The van der Waals surface area contributed by atoms with E-state index in [-0.39, 0.29) is 31.0 Å². The van der Waals surface area contributed by atoms with Crippen LogP contribution in [-0.2, 0) is 27.4 Å². The second-order valence-corrected chi connectivity index (χ2v) is 9.94. The lowest BCUT2D eigenvalue weighted by Gasteiger charge is -2.31.